The van der Waals surface area contributed by atoms with E-state index >= 15 is 0 Å². The summed E-state index contributed by atoms with van der Waals surface area (Å²) in [5.74, 6) is 2.41. The van der Waals surface area contributed by atoms with Crippen molar-refractivity contribution in [3.63, 3.8) is 0 Å². The fourth-order valence-electron chi connectivity index (χ4n) is 2.39. The molecule has 0 saturated heterocycles. The van der Waals surface area contributed by atoms with E-state index in [9.17, 15) is 0 Å². The molecule has 0 aliphatic carbocycles. The Labute approximate surface area is 115 Å². The third-order valence-corrected chi connectivity index (χ3v) is 3.55. The van der Waals surface area contributed by atoms with E-state index in [2.05, 4.69) is 37.1 Å². The van der Waals surface area contributed by atoms with Gasteiger partial charge in [0, 0.05) is 23.0 Å². The highest BCUT2D eigenvalue weighted by Gasteiger charge is 2.13. The van der Waals surface area contributed by atoms with Crippen LogP contribution in [0.4, 0.5) is 5.82 Å². The molecule has 3 heteroatoms. The summed E-state index contributed by atoms with van der Waals surface area (Å²) in [6.45, 7) is 6.66. The molecule has 0 radical (unpaired) electrons. The summed E-state index contributed by atoms with van der Waals surface area (Å²) in [5, 5.41) is 5.77. The Balaban J connectivity index is 2.44. The monoisotopic (exact) mass is 258 g/mol. The maximum Gasteiger partial charge on any atom is 0.134 e. The molecule has 1 aromatic heterocycles. The van der Waals surface area contributed by atoms with E-state index in [0.29, 0.717) is 12.0 Å². The molecule has 0 aliphatic heterocycles. The van der Waals surface area contributed by atoms with Crippen molar-refractivity contribution in [3.05, 3.63) is 30.5 Å². The molecule has 0 aliphatic rings. The van der Waals surface area contributed by atoms with Gasteiger partial charge in [-0.25, -0.2) is 4.98 Å². The molecule has 0 fully saturated rings. The maximum atomic E-state index is 5.41. The molecule has 0 saturated carbocycles. The van der Waals surface area contributed by atoms with Crippen molar-refractivity contribution in [2.45, 2.75) is 33.2 Å². The van der Waals surface area contributed by atoms with Gasteiger partial charge < -0.3 is 10.1 Å². The number of fused-ring (bicyclic) bond motifs is 1. The average molecular weight is 258 g/mol. The lowest BCUT2D eigenvalue weighted by Gasteiger charge is -2.22. The first-order valence-corrected chi connectivity index (χ1v) is 6.85. The van der Waals surface area contributed by atoms with E-state index in [1.807, 2.05) is 24.4 Å². The summed E-state index contributed by atoms with van der Waals surface area (Å²) in [6.07, 6.45) is 2.92. The normalized spacial score (nSPS) is 12.7. The summed E-state index contributed by atoms with van der Waals surface area (Å²) < 4.78 is 5.41. The molecule has 1 unspecified atom stereocenters. The van der Waals surface area contributed by atoms with Crippen LogP contribution in [0.15, 0.2) is 30.5 Å². The van der Waals surface area contributed by atoms with Crippen LogP contribution in [0.1, 0.15) is 27.2 Å². The summed E-state index contributed by atoms with van der Waals surface area (Å²) >= 11 is 0. The Morgan fingerprint density at radius 3 is 2.63 bits per heavy atom. The minimum atomic E-state index is 0.435. The van der Waals surface area contributed by atoms with Gasteiger partial charge >= 0.3 is 0 Å². The van der Waals surface area contributed by atoms with E-state index in [1.54, 1.807) is 7.11 Å². The SMILES string of the molecule is CCC(Nc1nccc2c(OC)cccc12)C(C)C. The number of benzene rings is 1. The van der Waals surface area contributed by atoms with E-state index < -0.39 is 0 Å². The number of nitrogens with one attached hydrogen (secondary N) is 1. The number of anilines is 1. The maximum absolute atomic E-state index is 5.41. The molecule has 102 valence electrons. The summed E-state index contributed by atoms with van der Waals surface area (Å²) in [7, 11) is 1.70. The molecule has 0 bridgehead atoms. The predicted octanol–water partition coefficient (Wildman–Crippen LogP) is 4.09. The Bertz CT molecular complexity index is 551. The number of pyridine rings is 1. The van der Waals surface area contributed by atoms with Gasteiger partial charge in [0.05, 0.1) is 7.11 Å². The van der Waals surface area contributed by atoms with Crippen LogP contribution >= 0.6 is 0 Å². The molecule has 3 nitrogen and oxygen atoms in total. The Morgan fingerprint density at radius 1 is 1.21 bits per heavy atom. The highest BCUT2D eigenvalue weighted by Crippen LogP contribution is 2.29. The average Bonchev–Trinajstić information content (AvgIpc) is 2.43. The van der Waals surface area contributed by atoms with Crippen LogP contribution in [0.2, 0.25) is 0 Å². The van der Waals surface area contributed by atoms with Crippen molar-refractivity contribution in [1.82, 2.24) is 4.98 Å². The van der Waals surface area contributed by atoms with Gasteiger partial charge in [0.15, 0.2) is 0 Å². The van der Waals surface area contributed by atoms with Crippen molar-refractivity contribution < 1.29 is 4.74 Å². The van der Waals surface area contributed by atoms with Gasteiger partial charge in [0.25, 0.3) is 0 Å². The minimum Gasteiger partial charge on any atom is -0.496 e. The van der Waals surface area contributed by atoms with Gasteiger partial charge in [-0.1, -0.05) is 32.9 Å². The fourth-order valence-corrected chi connectivity index (χ4v) is 2.39. The second-order valence-corrected chi connectivity index (χ2v) is 5.12. The van der Waals surface area contributed by atoms with Gasteiger partial charge in [0.1, 0.15) is 11.6 Å². The third kappa shape index (κ3) is 2.80. The number of hydrogen-bond acceptors (Lipinski definition) is 3. The molecule has 0 spiro atoms. The van der Waals surface area contributed by atoms with Crippen molar-refractivity contribution >= 4 is 16.6 Å². The molecule has 1 aromatic carbocycles. The number of aromatic nitrogens is 1. The summed E-state index contributed by atoms with van der Waals surface area (Å²) in [5.41, 5.74) is 0. The molecule has 2 rings (SSSR count). The van der Waals surface area contributed by atoms with Gasteiger partial charge in [-0.3, -0.25) is 0 Å². The summed E-state index contributed by atoms with van der Waals surface area (Å²) in [6, 6.07) is 8.50. The zero-order chi connectivity index (χ0) is 13.8. The first-order chi connectivity index (χ1) is 9.17. The second kappa shape index (κ2) is 5.91. The number of methoxy groups -OCH3 is 1. The first-order valence-electron chi connectivity index (χ1n) is 6.85. The Hall–Kier alpha value is -1.77. The van der Waals surface area contributed by atoms with Crippen molar-refractivity contribution in [2.24, 2.45) is 5.92 Å². The smallest absolute Gasteiger partial charge is 0.134 e. The van der Waals surface area contributed by atoms with Gasteiger partial charge in [-0.05, 0) is 24.5 Å². The van der Waals surface area contributed by atoms with Gasteiger partial charge in [0.2, 0.25) is 0 Å². The Kier molecular flexibility index (Phi) is 4.25. The quantitative estimate of drug-likeness (QED) is 0.877. The van der Waals surface area contributed by atoms with Crippen molar-refractivity contribution in [1.29, 1.82) is 0 Å². The van der Waals surface area contributed by atoms with Crippen LogP contribution in [0.5, 0.6) is 5.75 Å². The molecule has 1 heterocycles. The van der Waals surface area contributed by atoms with E-state index in [0.717, 1.165) is 28.8 Å². The largest absolute Gasteiger partial charge is 0.496 e. The molecular formula is C16H22N2O. The third-order valence-electron chi connectivity index (χ3n) is 3.55. The molecular weight excluding hydrogens is 236 g/mol. The van der Waals surface area contributed by atoms with Gasteiger partial charge in [-0.15, -0.1) is 0 Å². The van der Waals surface area contributed by atoms with Crippen molar-refractivity contribution in [2.75, 3.05) is 12.4 Å². The number of ether oxygens (including phenoxy) is 1. The Morgan fingerprint density at radius 2 is 2.00 bits per heavy atom. The highest BCUT2D eigenvalue weighted by atomic mass is 16.5. The van der Waals surface area contributed by atoms with Crippen LogP contribution in [-0.2, 0) is 0 Å². The zero-order valence-corrected chi connectivity index (χ0v) is 12.1. The molecule has 19 heavy (non-hydrogen) atoms. The van der Waals surface area contributed by atoms with E-state index in [1.165, 1.54) is 0 Å². The predicted molar refractivity (Wildman–Crippen MR) is 80.8 cm³/mol. The topological polar surface area (TPSA) is 34.2 Å². The molecule has 1 atom stereocenters. The van der Waals surface area contributed by atoms with Crippen LogP contribution < -0.4 is 10.1 Å². The molecule has 2 aromatic rings. The number of nitrogens with zero attached hydrogens (tertiary/aromatic N) is 1. The van der Waals surface area contributed by atoms with Crippen molar-refractivity contribution in [3.8, 4) is 5.75 Å². The fraction of sp³-hybridized carbons (Fsp3) is 0.438. The lowest BCUT2D eigenvalue weighted by atomic mass is 10.0. The second-order valence-electron chi connectivity index (χ2n) is 5.12. The van der Waals surface area contributed by atoms with E-state index in [4.69, 9.17) is 4.74 Å². The van der Waals surface area contributed by atoms with Crippen LogP contribution in [0.3, 0.4) is 0 Å². The standard InChI is InChI=1S/C16H22N2O/c1-5-14(11(2)3)18-16-13-7-6-8-15(19-4)12(13)9-10-17-16/h6-11,14H,5H2,1-4H3,(H,17,18). The molecule has 0 amide bonds. The van der Waals surface area contributed by atoms with Crippen LogP contribution in [0.25, 0.3) is 10.8 Å². The molecule has 1 N–H and O–H groups in total. The zero-order valence-electron chi connectivity index (χ0n) is 12.1. The first kappa shape index (κ1) is 13.7. The van der Waals surface area contributed by atoms with E-state index in [-0.39, 0.29) is 0 Å². The lowest BCUT2D eigenvalue weighted by Crippen LogP contribution is -2.25. The lowest BCUT2D eigenvalue weighted by molar-refractivity contribution is 0.420. The van der Waals surface area contributed by atoms with Crippen LogP contribution in [0, 0.1) is 5.92 Å². The summed E-state index contributed by atoms with van der Waals surface area (Å²) in [4.78, 5) is 4.49. The minimum absolute atomic E-state index is 0.435. The highest BCUT2D eigenvalue weighted by molar-refractivity contribution is 5.95. The van der Waals surface area contributed by atoms with Gasteiger partial charge in [-0.2, -0.15) is 0 Å². The number of rotatable bonds is 5. The van der Waals surface area contributed by atoms with Crippen LogP contribution in [-0.4, -0.2) is 18.1 Å². The number of hydrogen-bond donors (Lipinski definition) is 1.